The van der Waals surface area contributed by atoms with E-state index in [-0.39, 0.29) is 0 Å². The van der Waals surface area contributed by atoms with E-state index >= 15 is 0 Å². The molecule has 2 rings (SSSR count). The zero-order valence-corrected chi connectivity index (χ0v) is 10.9. The average molecular weight is 265 g/mol. The van der Waals surface area contributed by atoms with Crippen LogP contribution in [0.2, 0.25) is 0 Å². The van der Waals surface area contributed by atoms with Gasteiger partial charge < -0.3 is 0 Å². The smallest absolute Gasteiger partial charge is 0.188 e. The standard InChI is InChI=1S/C17H15NO2/c1-2-4-6-8-12-16-13-9-10-14-17(16)19-20-18-15-11-7-5-3-1/h1-15H. The molecule has 0 atom stereocenters. The minimum atomic E-state index is 0.612. The molecular formula is C17H15NO2. The van der Waals surface area contributed by atoms with Gasteiger partial charge in [-0.2, -0.15) is 4.68 Å². The molecule has 0 aliphatic rings. The maximum absolute atomic E-state index is 5.15. The quantitative estimate of drug-likeness (QED) is 0.642. The Kier molecular flexibility index (Phi) is 5.66. The fourth-order valence-corrected chi connectivity index (χ4v) is 1.47. The van der Waals surface area contributed by atoms with Gasteiger partial charge in [-0.25, -0.2) is 0 Å². The largest absolute Gasteiger partial charge is 0.267 e. The predicted molar refractivity (Wildman–Crippen MR) is 79.2 cm³/mol. The van der Waals surface area contributed by atoms with Gasteiger partial charge in [0.2, 0.25) is 0 Å². The van der Waals surface area contributed by atoms with E-state index in [9.17, 15) is 0 Å². The van der Waals surface area contributed by atoms with Crippen molar-refractivity contribution in [3.05, 3.63) is 91.1 Å². The number of fused-ring (bicyclic) bond motifs is 1. The van der Waals surface area contributed by atoms with E-state index in [1.54, 1.807) is 6.07 Å². The highest BCUT2D eigenvalue weighted by Crippen LogP contribution is 2.08. The summed E-state index contributed by atoms with van der Waals surface area (Å²) < 4.78 is 9.94. The number of benzene rings is 1. The Bertz CT molecular complexity index is 638. The van der Waals surface area contributed by atoms with Gasteiger partial charge in [0, 0.05) is 5.39 Å². The van der Waals surface area contributed by atoms with Crippen molar-refractivity contribution in [3.8, 4) is 0 Å². The highest BCUT2D eigenvalue weighted by atomic mass is 17.0. The van der Waals surface area contributed by atoms with E-state index in [2.05, 4.69) is 5.16 Å². The third kappa shape index (κ3) is 4.82. The number of para-hydroxylation sites is 1. The minimum absolute atomic E-state index is 0.612. The summed E-state index contributed by atoms with van der Waals surface area (Å²) in [6, 6.07) is 26.7. The molecule has 0 saturated heterocycles. The highest BCUT2D eigenvalue weighted by Gasteiger charge is 1.87. The van der Waals surface area contributed by atoms with Crippen LogP contribution in [0, 0.1) is 0 Å². The van der Waals surface area contributed by atoms with Gasteiger partial charge in [-0.15, -0.1) is 0 Å². The summed E-state index contributed by atoms with van der Waals surface area (Å²) in [5.41, 5.74) is 0.612. The number of rotatable bonds is 0. The zero-order chi connectivity index (χ0) is 13.9. The highest BCUT2D eigenvalue weighted by molar-refractivity contribution is 5.74. The summed E-state index contributed by atoms with van der Waals surface area (Å²) in [5.74, 6) is 0. The molecule has 0 fully saturated rings. The molecular weight excluding hydrogens is 250 g/mol. The first-order chi connectivity index (χ1) is 9.97. The Hall–Kier alpha value is -2.81. The number of hydrogen-bond donors (Lipinski definition) is 0. The zero-order valence-electron chi connectivity index (χ0n) is 10.9. The summed E-state index contributed by atoms with van der Waals surface area (Å²) in [5, 5.41) is 4.59. The first kappa shape index (κ1) is 13.6. The van der Waals surface area contributed by atoms with Gasteiger partial charge in [0.1, 0.15) is 0 Å². The van der Waals surface area contributed by atoms with Gasteiger partial charge in [-0.3, -0.25) is 4.58 Å². The van der Waals surface area contributed by atoms with Gasteiger partial charge in [-0.1, -0.05) is 72.8 Å². The van der Waals surface area contributed by atoms with Crippen molar-refractivity contribution >= 4 is 11.0 Å². The summed E-state index contributed by atoms with van der Waals surface area (Å²) in [7, 11) is 0. The molecule has 0 radical (unpaired) electrons. The average Bonchev–Trinajstić information content (AvgIpc) is 2.47. The normalized spacial score (nSPS) is 9.00. The Balaban J connectivity index is 2.57. The topological polar surface area (TPSA) is 39.2 Å². The molecule has 0 N–H and O–H groups in total. The van der Waals surface area contributed by atoms with E-state index in [0.717, 1.165) is 5.39 Å². The van der Waals surface area contributed by atoms with E-state index in [0.29, 0.717) is 5.58 Å². The molecule has 0 aliphatic heterocycles. The van der Waals surface area contributed by atoms with Crippen molar-refractivity contribution in [1.82, 2.24) is 5.16 Å². The molecule has 3 nitrogen and oxygen atoms in total. The summed E-state index contributed by atoms with van der Waals surface area (Å²) in [4.78, 5) is 0. The fraction of sp³-hybridized carbons (Fsp3) is 0. The second kappa shape index (κ2) is 8.32. The lowest BCUT2D eigenvalue weighted by atomic mass is 10.2. The van der Waals surface area contributed by atoms with Crippen LogP contribution < -0.4 is 0 Å². The molecule has 3 heteroatoms. The van der Waals surface area contributed by atoms with E-state index in [4.69, 9.17) is 9.26 Å². The van der Waals surface area contributed by atoms with Crippen molar-refractivity contribution in [3.63, 3.8) is 0 Å². The summed E-state index contributed by atoms with van der Waals surface area (Å²) in [6.45, 7) is 0. The molecule has 1 heterocycles. The third-order valence-corrected chi connectivity index (χ3v) is 2.40. The Labute approximate surface area is 117 Å². The molecule has 0 amide bonds. The lowest BCUT2D eigenvalue weighted by Gasteiger charge is -1.86. The Morgan fingerprint density at radius 1 is 0.600 bits per heavy atom. The van der Waals surface area contributed by atoms with Gasteiger partial charge in [0.05, 0.1) is 6.20 Å². The molecule has 1 aromatic carbocycles. The molecule has 1 aromatic heterocycles. The lowest BCUT2D eigenvalue weighted by molar-refractivity contribution is 0.00728. The van der Waals surface area contributed by atoms with Crippen LogP contribution in [0.4, 0.5) is 0 Å². The van der Waals surface area contributed by atoms with Gasteiger partial charge in [0.25, 0.3) is 0 Å². The Morgan fingerprint density at radius 2 is 1.15 bits per heavy atom. The monoisotopic (exact) mass is 265 g/mol. The number of aromatic nitrogens is 1. The van der Waals surface area contributed by atoms with Crippen molar-refractivity contribution in [2.24, 2.45) is 0 Å². The molecule has 0 spiro atoms. The lowest BCUT2D eigenvalue weighted by Crippen LogP contribution is -1.65. The number of nitrogens with zero attached hydrogens (tertiary/aromatic N) is 1. The minimum Gasteiger partial charge on any atom is -0.267 e. The SMILES string of the molecule is c1cccccnooc2ccccc2ccccc1. The van der Waals surface area contributed by atoms with Crippen LogP contribution in [-0.4, -0.2) is 5.16 Å². The molecule has 20 heavy (non-hydrogen) atoms. The van der Waals surface area contributed by atoms with Crippen LogP contribution in [0.3, 0.4) is 0 Å². The van der Waals surface area contributed by atoms with Crippen LogP contribution in [0.5, 0.6) is 0 Å². The van der Waals surface area contributed by atoms with Crippen LogP contribution in [-0.2, 0) is 0 Å². The number of hydrogen-bond acceptors (Lipinski definition) is 3. The molecule has 0 saturated carbocycles. The predicted octanol–water partition coefficient (Wildman–Crippen LogP) is 4.79. The molecule has 0 bridgehead atoms. The maximum atomic E-state index is 5.15. The van der Waals surface area contributed by atoms with Crippen molar-refractivity contribution in [2.75, 3.05) is 0 Å². The third-order valence-electron chi connectivity index (χ3n) is 2.40. The van der Waals surface area contributed by atoms with Gasteiger partial charge in [-0.05, 0) is 17.3 Å². The van der Waals surface area contributed by atoms with E-state index in [1.165, 1.54) is 6.20 Å². The van der Waals surface area contributed by atoms with Crippen LogP contribution in [0.1, 0.15) is 0 Å². The molecule has 100 valence electrons. The fourth-order valence-electron chi connectivity index (χ4n) is 1.47. The van der Waals surface area contributed by atoms with Gasteiger partial charge in [0.15, 0.2) is 5.58 Å². The van der Waals surface area contributed by atoms with Crippen molar-refractivity contribution in [2.45, 2.75) is 0 Å². The van der Waals surface area contributed by atoms with Gasteiger partial charge >= 0.3 is 0 Å². The van der Waals surface area contributed by atoms with E-state index < -0.39 is 0 Å². The Morgan fingerprint density at radius 3 is 1.90 bits per heavy atom. The van der Waals surface area contributed by atoms with Crippen molar-refractivity contribution in [1.29, 1.82) is 0 Å². The molecule has 0 aliphatic carbocycles. The van der Waals surface area contributed by atoms with Crippen LogP contribution in [0.15, 0.2) is 100 Å². The first-order valence-electron chi connectivity index (χ1n) is 6.26. The second-order valence-electron chi connectivity index (χ2n) is 3.85. The molecule has 2 aromatic rings. The molecule has 0 unspecified atom stereocenters. The maximum Gasteiger partial charge on any atom is 0.188 e. The van der Waals surface area contributed by atoms with Crippen LogP contribution in [0.25, 0.3) is 11.0 Å². The van der Waals surface area contributed by atoms with Crippen LogP contribution >= 0.6 is 0 Å². The van der Waals surface area contributed by atoms with E-state index in [1.807, 2.05) is 78.9 Å². The summed E-state index contributed by atoms with van der Waals surface area (Å²) in [6.07, 6.45) is 1.51. The van der Waals surface area contributed by atoms with Crippen molar-refractivity contribution < 1.29 is 9.26 Å². The second-order valence-corrected chi connectivity index (χ2v) is 3.85. The summed E-state index contributed by atoms with van der Waals surface area (Å²) >= 11 is 0. The first-order valence-corrected chi connectivity index (χ1v) is 6.26.